The van der Waals surface area contributed by atoms with Gasteiger partial charge in [-0.05, 0) is 84.1 Å². The highest BCUT2D eigenvalue weighted by molar-refractivity contribution is 8.00. The zero-order valence-corrected chi connectivity index (χ0v) is 16.6. The van der Waals surface area contributed by atoms with Crippen molar-refractivity contribution in [3.05, 3.63) is 53.6 Å². The minimum Gasteiger partial charge on any atom is -0.497 e. The third kappa shape index (κ3) is 3.87. The number of nitrogens with one attached hydrogen (secondary N) is 1. The Morgan fingerprint density at radius 3 is 2.75 bits per heavy atom. The van der Waals surface area contributed by atoms with Gasteiger partial charge in [-0.15, -0.1) is 5.10 Å². The molecule has 0 radical (unpaired) electrons. The maximum absolute atomic E-state index is 12.6. The highest BCUT2D eigenvalue weighted by Gasteiger charge is 2.20. The van der Waals surface area contributed by atoms with Crippen LogP contribution in [0.3, 0.4) is 0 Å². The number of nitrogens with zero attached hydrogens (tertiary/aromatic N) is 4. The summed E-state index contributed by atoms with van der Waals surface area (Å²) in [5.74, 6) is 0.681. The molecule has 1 aromatic heterocycles. The molecule has 144 valence electrons. The van der Waals surface area contributed by atoms with Crippen molar-refractivity contribution in [3.8, 4) is 11.4 Å². The molecule has 2 aromatic carbocycles. The topological polar surface area (TPSA) is 81.9 Å². The number of amides is 1. The lowest BCUT2D eigenvalue weighted by atomic mass is 10.1. The van der Waals surface area contributed by atoms with E-state index in [0.29, 0.717) is 5.16 Å². The van der Waals surface area contributed by atoms with Crippen LogP contribution in [-0.2, 0) is 17.6 Å². The number of tetrazole rings is 1. The van der Waals surface area contributed by atoms with Crippen molar-refractivity contribution in [2.24, 2.45) is 0 Å². The Kier molecular flexibility index (Phi) is 5.29. The zero-order valence-electron chi connectivity index (χ0n) is 15.8. The Balaban J connectivity index is 1.44. The van der Waals surface area contributed by atoms with Gasteiger partial charge in [-0.3, -0.25) is 4.79 Å². The molecule has 28 heavy (non-hydrogen) atoms. The molecule has 0 spiro atoms. The minimum atomic E-state index is -0.351. The fraction of sp³-hybridized carbons (Fsp3) is 0.300. The average molecular weight is 395 g/mol. The number of ether oxygens (including phenoxy) is 1. The van der Waals surface area contributed by atoms with E-state index in [1.807, 2.05) is 37.3 Å². The Bertz CT molecular complexity index is 987. The second kappa shape index (κ2) is 8.02. The number of anilines is 1. The van der Waals surface area contributed by atoms with E-state index in [9.17, 15) is 4.79 Å². The standard InChI is InChI=1S/C20H21N5O2S/c1-13(19(26)21-16-7-6-14-4-3-5-15(14)12-16)28-20-22-23-24-25(20)17-8-10-18(27-2)11-9-17/h6-13H,3-5H2,1-2H3,(H,21,26)/t13-/m0/s1. The van der Waals surface area contributed by atoms with Crippen LogP contribution in [0.15, 0.2) is 47.6 Å². The van der Waals surface area contributed by atoms with E-state index in [1.165, 1.54) is 29.3 Å². The number of thioether (sulfide) groups is 1. The highest BCUT2D eigenvalue weighted by Crippen LogP contribution is 2.27. The van der Waals surface area contributed by atoms with Gasteiger partial charge in [-0.25, -0.2) is 0 Å². The molecule has 0 saturated heterocycles. The molecule has 0 unspecified atom stereocenters. The van der Waals surface area contributed by atoms with Gasteiger partial charge in [0.15, 0.2) is 0 Å². The summed E-state index contributed by atoms with van der Waals surface area (Å²) in [4.78, 5) is 12.6. The molecule has 4 rings (SSSR count). The molecular formula is C20H21N5O2S. The molecule has 1 N–H and O–H groups in total. The third-order valence-corrected chi connectivity index (χ3v) is 5.81. The van der Waals surface area contributed by atoms with E-state index >= 15 is 0 Å². The summed E-state index contributed by atoms with van der Waals surface area (Å²) in [5, 5.41) is 15.1. The van der Waals surface area contributed by atoms with Crippen LogP contribution in [0.5, 0.6) is 5.75 Å². The van der Waals surface area contributed by atoms with E-state index in [-0.39, 0.29) is 11.2 Å². The summed E-state index contributed by atoms with van der Waals surface area (Å²) in [6.45, 7) is 1.85. The molecule has 1 atom stereocenters. The van der Waals surface area contributed by atoms with Crippen LogP contribution < -0.4 is 10.1 Å². The lowest BCUT2D eigenvalue weighted by Gasteiger charge is -2.13. The number of rotatable bonds is 6. The first-order chi connectivity index (χ1) is 13.6. The molecule has 1 aliphatic carbocycles. The van der Waals surface area contributed by atoms with E-state index in [1.54, 1.807) is 11.8 Å². The predicted octanol–water partition coefficient (Wildman–Crippen LogP) is 3.28. The fourth-order valence-corrected chi connectivity index (χ4v) is 4.05. The third-order valence-electron chi connectivity index (χ3n) is 4.78. The summed E-state index contributed by atoms with van der Waals surface area (Å²) in [5.41, 5.74) is 4.37. The smallest absolute Gasteiger partial charge is 0.237 e. The number of aromatic nitrogens is 4. The molecular weight excluding hydrogens is 374 g/mol. The van der Waals surface area contributed by atoms with E-state index in [0.717, 1.165) is 30.0 Å². The van der Waals surface area contributed by atoms with Gasteiger partial charge < -0.3 is 10.1 Å². The second-order valence-electron chi connectivity index (χ2n) is 6.66. The van der Waals surface area contributed by atoms with E-state index in [2.05, 4.69) is 33.0 Å². The normalized spacial score (nSPS) is 13.8. The molecule has 7 nitrogen and oxygen atoms in total. The molecule has 0 bridgehead atoms. The quantitative estimate of drug-likeness (QED) is 0.645. The highest BCUT2D eigenvalue weighted by atomic mass is 32.2. The maximum Gasteiger partial charge on any atom is 0.237 e. The number of benzene rings is 2. The van der Waals surface area contributed by atoms with Crippen molar-refractivity contribution >= 4 is 23.4 Å². The van der Waals surface area contributed by atoms with Crippen LogP contribution >= 0.6 is 11.8 Å². The van der Waals surface area contributed by atoms with Crippen LogP contribution in [0, 0.1) is 0 Å². The van der Waals surface area contributed by atoms with Crippen molar-refractivity contribution in [2.75, 3.05) is 12.4 Å². The molecule has 3 aromatic rings. The molecule has 0 saturated carbocycles. The van der Waals surface area contributed by atoms with Gasteiger partial charge in [0.05, 0.1) is 18.0 Å². The molecule has 0 fully saturated rings. The molecule has 1 aliphatic rings. The number of fused-ring (bicyclic) bond motifs is 1. The number of methoxy groups -OCH3 is 1. The van der Waals surface area contributed by atoms with Gasteiger partial charge in [0, 0.05) is 5.69 Å². The van der Waals surface area contributed by atoms with Gasteiger partial charge in [-0.2, -0.15) is 4.68 Å². The summed E-state index contributed by atoms with van der Waals surface area (Å²) in [6, 6.07) is 13.6. The van der Waals surface area contributed by atoms with Crippen molar-refractivity contribution < 1.29 is 9.53 Å². The van der Waals surface area contributed by atoms with Gasteiger partial charge in [-0.1, -0.05) is 17.8 Å². The monoisotopic (exact) mass is 395 g/mol. The summed E-state index contributed by atoms with van der Waals surface area (Å²) < 4.78 is 6.79. The van der Waals surface area contributed by atoms with Crippen LogP contribution in [0.2, 0.25) is 0 Å². The SMILES string of the molecule is COc1ccc(-n2nnnc2S[C@@H](C)C(=O)Nc2ccc3c(c2)CCC3)cc1. The summed E-state index contributed by atoms with van der Waals surface area (Å²) in [6.07, 6.45) is 3.40. The zero-order chi connectivity index (χ0) is 19.5. The van der Waals surface area contributed by atoms with Crippen LogP contribution in [-0.4, -0.2) is 38.5 Å². The lowest BCUT2D eigenvalue weighted by molar-refractivity contribution is -0.115. The molecule has 1 heterocycles. The average Bonchev–Trinajstić information content (AvgIpc) is 3.37. The van der Waals surface area contributed by atoms with E-state index in [4.69, 9.17) is 4.74 Å². The Morgan fingerprint density at radius 2 is 1.96 bits per heavy atom. The lowest BCUT2D eigenvalue weighted by Crippen LogP contribution is -2.23. The Hall–Kier alpha value is -2.87. The van der Waals surface area contributed by atoms with Crippen molar-refractivity contribution in [1.82, 2.24) is 20.2 Å². The molecule has 8 heteroatoms. The fourth-order valence-electron chi connectivity index (χ4n) is 3.24. The number of hydrogen-bond acceptors (Lipinski definition) is 6. The van der Waals surface area contributed by atoms with Crippen LogP contribution in [0.4, 0.5) is 5.69 Å². The second-order valence-corrected chi connectivity index (χ2v) is 7.97. The largest absolute Gasteiger partial charge is 0.497 e. The number of hydrogen-bond donors (Lipinski definition) is 1. The van der Waals surface area contributed by atoms with Crippen LogP contribution in [0.25, 0.3) is 5.69 Å². The molecule has 0 aliphatic heterocycles. The summed E-state index contributed by atoms with van der Waals surface area (Å²) in [7, 11) is 1.62. The van der Waals surface area contributed by atoms with Crippen molar-refractivity contribution in [2.45, 2.75) is 36.6 Å². The van der Waals surface area contributed by atoms with Gasteiger partial charge in [0.2, 0.25) is 11.1 Å². The van der Waals surface area contributed by atoms with Crippen molar-refractivity contribution in [1.29, 1.82) is 0 Å². The summed E-state index contributed by atoms with van der Waals surface area (Å²) >= 11 is 1.32. The number of carbonyl (C=O) groups excluding carboxylic acids is 1. The predicted molar refractivity (Wildman–Crippen MR) is 108 cm³/mol. The maximum atomic E-state index is 12.6. The van der Waals surface area contributed by atoms with Crippen LogP contribution in [0.1, 0.15) is 24.5 Å². The number of carbonyl (C=O) groups is 1. The molecule has 1 amide bonds. The first-order valence-corrected chi connectivity index (χ1v) is 10.0. The van der Waals surface area contributed by atoms with E-state index < -0.39 is 0 Å². The van der Waals surface area contributed by atoms with Gasteiger partial charge >= 0.3 is 0 Å². The minimum absolute atomic E-state index is 0.0766. The van der Waals surface area contributed by atoms with Crippen molar-refractivity contribution in [3.63, 3.8) is 0 Å². The number of aryl methyl sites for hydroxylation is 2. The Labute approximate surface area is 167 Å². The first kappa shape index (κ1) is 18.5. The van der Waals surface area contributed by atoms with Gasteiger partial charge in [0.25, 0.3) is 0 Å². The Morgan fingerprint density at radius 1 is 1.18 bits per heavy atom. The van der Waals surface area contributed by atoms with Gasteiger partial charge in [0.1, 0.15) is 5.75 Å². The first-order valence-electron chi connectivity index (χ1n) is 9.16.